The van der Waals surface area contributed by atoms with Crippen molar-refractivity contribution in [3.63, 3.8) is 0 Å². The molecular formula is C16H13FN2O2. The Morgan fingerprint density at radius 1 is 1.19 bits per heavy atom. The number of aromatic nitrogens is 2. The molecule has 3 rings (SSSR count). The summed E-state index contributed by atoms with van der Waals surface area (Å²) in [6.07, 6.45) is 0.432. The van der Waals surface area contributed by atoms with Crippen LogP contribution in [0, 0.1) is 12.7 Å². The topological polar surface area (TPSA) is 59.2 Å². The van der Waals surface area contributed by atoms with E-state index in [0.29, 0.717) is 29.3 Å². The van der Waals surface area contributed by atoms with Crippen LogP contribution in [-0.2, 0) is 6.42 Å². The van der Waals surface area contributed by atoms with Crippen molar-refractivity contribution in [1.29, 1.82) is 0 Å². The molecule has 0 amide bonds. The highest BCUT2D eigenvalue weighted by atomic mass is 19.1. The van der Waals surface area contributed by atoms with Gasteiger partial charge in [0.25, 0.3) is 0 Å². The highest BCUT2D eigenvalue weighted by molar-refractivity contribution is 5.55. The lowest BCUT2D eigenvalue weighted by Crippen LogP contribution is -1.89. The summed E-state index contributed by atoms with van der Waals surface area (Å²) >= 11 is 0. The molecule has 106 valence electrons. The van der Waals surface area contributed by atoms with Crippen LogP contribution >= 0.6 is 0 Å². The maximum atomic E-state index is 13.3. The van der Waals surface area contributed by atoms with Gasteiger partial charge in [-0.1, -0.05) is 17.3 Å². The van der Waals surface area contributed by atoms with Gasteiger partial charge in [0.2, 0.25) is 11.7 Å². The number of halogens is 1. The zero-order chi connectivity index (χ0) is 14.8. The summed E-state index contributed by atoms with van der Waals surface area (Å²) in [5, 5.41) is 13.3. The predicted octanol–water partition coefficient (Wildman–Crippen LogP) is 3.48. The molecule has 0 bridgehead atoms. The van der Waals surface area contributed by atoms with Crippen LogP contribution in [0.5, 0.6) is 5.75 Å². The average molecular weight is 284 g/mol. The first-order valence-corrected chi connectivity index (χ1v) is 6.49. The molecule has 0 unspecified atom stereocenters. The lowest BCUT2D eigenvalue weighted by atomic mass is 10.1. The van der Waals surface area contributed by atoms with Crippen molar-refractivity contribution in [2.75, 3.05) is 0 Å². The lowest BCUT2D eigenvalue weighted by Gasteiger charge is -1.98. The Morgan fingerprint density at radius 3 is 2.81 bits per heavy atom. The summed E-state index contributed by atoms with van der Waals surface area (Å²) in [5.74, 6) is 0.800. The largest absolute Gasteiger partial charge is 0.508 e. The summed E-state index contributed by atoms with van der Waals surface area (Å²) in [5.41, 5.74) is 2.12. The van der Waals surface area contributed by atoms with E-state index in [-0.39, 0.29) is 11.6 Å². The van der Waals surface area contributed by atoms with Gasteiger partial charge in [-0.25, -0.2) is 4.39 Å². The summed E-state index contributed by atoms with van der Waals surface area (Å²) in [4.78, 5) is 4.29. The average Bonchev–Trinajstić information content (AvgIpc) is 2.90. The van der Waals surface area contributed by atoms with E-state index in [4.69, 9.17) is 4.52 Å². The van der Waals surface area contributed by atoms with Gasteiger partial charge in [0, 0.05) is 5.56 Å². The molecule has 0 spiro atoms. The second-order valence-electron chi connectivity index (χ2n) is 4.82. The van der Waals surface area contributed by atoms with E-state index in [2.05, 4.69) is 10.1 Å². The minimum atomic E-state index is -0.262. The number of rotatable bonds is 3. The minimum Gasteiger partial charge on any atom is -0.508 e. The molecule has 1 aromatic heterocycles. The monoisotopic (exact) mass is 284 g/mol. The number of aryl methyl sites for hydroxylation is 1. The summed E-state index contributed by atoms with van der Waals surface area (Å²) in [6.45, 7) is 1.69. The van der Waals surface area contributed by atoms with E-state index >= 15 is 0 Å². The second kappa shape index (κ2) is 5.36. The fraction of sp³-hybridized carbons (Fsp3) is 0.125. The van der Waals surface area contributed by atoms with E-state index in [1.54, 1.807) is 37.3 Å². The SMILES string of the molecule is Cc1cc(-c2noc(Cc3cccc(O)c3)n2)ccc1F. The van der Waals surface area contributed by atoms with Crippen LogP contribution in [0.15, 0.2) is 47.0 Å². The number of phenols is 1. The molecule has 0 aliphatic rings. The Hall–Kier alpha value is -2.69. The fourth-order valence-corrected chi connectivity index (χ4v) is 2.07. The smallest absolute Gasteiger partial charge is 0.231 e. The van der Waals surface area contributed by atoms with Crippen molar-refractivity contribution in [1.82, 2.24) is 10.1 Å². The Kier molecular flexibility index (Phi) is 3.39. The van der Waals surface area contributed by atoms with Gasteiger partial charge in [-0.3, -0.25) is 0 Å². The normalized spacial score (nSPS) is 10.8. The van der Waals surface area contributed by atoms with Crippen LogP contribution in [-0.4, -0.2) is 15.2 Å². The third-order valence-corrected chi connectivity index (χ3v) is 3.15. The summed E-state index contributed by atoms with van der Waals surface area (Å²) < 4.78 is 18.5. The second-order valence-corrected chi connectivity index (χ2v) is 4.82. The van der Waals surface area contributed by atoms with Gasteiger partial charge < -0.3 is 9.63 Å². The molecular weight excluding hydrogens is 271 g/mol. The van der Waals surface area contributed by atoms with Crippen molar-refractivity contribution in [3.05, 3.63) is 65.3 Å². The first-order valence-electron chi connectivity index (χ1n) is 6.49. The van der Waals surface area contributed by atoms with Crippen molar-refractivity contribution in [2.45, 2.75) is 13.3 Å². The van der Waals surface area contributed by atoms with Crippen molar-refractivity contribution < 1.29 is 14.0 Å². The molecule has 1 heterocycles. The van der Waals surface area contributed by atoms with Crippen molar-refractivity contribution >= 4 is 0 Å². The molecule has 0 aliphatic carbocycles. The fourth-order valence-electron chi connectivity index (χ4n) is 2.07. The van der Waals surface area contributed by atoms with E-state index in [1.165, 1.54) is 6.07 Å². The number of aromatic hydroxyl groups is 1. The highest BCUT2D eigenvalue weighted by Gasteiger charge is 2.10. The number of benzene rings is 2. The molecule has 0 atom stereocenters. The number of hydrogen-bond acceptors (Lipinski definition) is 4. The molecule has 4 nitrogen and oxygen atoms in total. The molecule has 0 saturated carbocycles. The van der Waals surface area contributed by atoms with Crippen LogP contribution in [0.3, 0.4) is 0 Å². The van der Waals surface area contributed by atoms with E-state index in [0.717, 1.165) is 5.56 Å². The first-order chi connectivity index (χ1) is 10.1. The molecule has 0 saturated heterocycles. The molecule has 0 aliphatic heterocycles. The predicted molar refractivity (Wildman–Crippen MR) is 75.3 cm³/mol. The molecule has 2 aromatic carbocycles. The zero-order valence-electron chi connectivity index (χ0n) is 11.4. The standard InChI is InChI=1S/C16H13FN2O2/c1-10-7-12(5-6-14(10)17)16-18-15(21-19-16)9-11-3-2-4-13(20)8-11/h2-8,20H,9H2,1H3. The van der Waals surface area contributed by atoms with Gasteiger partial charge in [0.15, 0.2) is 0 Å². The number of hydrogen-bond donors (Lipinski definition) is 1. The number of phenolic OH excluding ortho intramolecular Hbond substituents is 1. The maximum absolute atomic E-state index is 13.3. The van der Waals surface area contributed by atoms with Crippen molar-refractivity contribution in [2.24, 2.45) is 0 Å². The van der Waals surface area contributed by atoms with Gasteiger partial charge in [-0.2, -0.15) is 4.98 Å². The van der Waals surface area contributed by atoms with Crippen LogP contribution < -0.4 is 0 Å². The summed E-state index contributed by atoms with van der Waals surface area (Å²) in [6, 6.07) is 11.5. The third-order valence-electron chi connectivity index (χ3n) is 3.15. The number of nitrogens with zero attached hydrogens (tertiary/aromatic N) is 2. The van der Waals surface area contributed by atoms with Gasteiger partial charge in [-0.15, -0.1) is 0 Å². The third kappa shape index (κ3) is 2.91. The maximum Gasteiger partial charge on any atom is 0.231 e. The van der Waals surface area contributed by atoms with Crippen LogP contribution in [0.1, 0.15) is 17.0 Å². The molecule has 21 heavy (non-hydrogen) atoms. The lowest BCUT2D eigenvalue weighted by molar-refractivity contribution is 0.385. The van der Waals surface area contributed by atoms with E-state index < -0.39 is 0 Å². The Bertz CT molecular complexity index is 783. The van der Waals surface area contributed by atoms with Gasteiger partial charge in [0.05, 0.1) is 6.42 Å². The first kappa shape index (κ1) is 13.3. The quantitative estimate of drug-likeness (QED) is 0.800. The van der Waals surface area contributed by atoms with Gasteiger partial charge >= 0.3 is 0 Å². The van der Waals surface area contributed by atoms with Gasteiger partial charge in [-0.05, 0) is 48.4 Å². The highest BCUT2D eigenvalue weighted by Crippen LogP contribution is 2.20. The zero-order valence-corrected chi connectivity index (χ0v) is 11.4. The molecule has 1 N–H and O–H groups in total. The van der Waals surface area contributed by atoms with Crippen LogP contribution in [0.2, 0.25) is 0 Å². The Labute approximate surface area is 120 Å². The van der Waals surface area contributed by atoms with E-state index in [9.17, 15) is 9.50 Å². The Morgan fingerprint density at radius 2 is 2.05 bits per heavy atom. The van der Waals surface area contributed by atoms with Crippen molar-refractivity contribution in [3.8, 4) is 17.1 Å². The molecule has 0 radical (unpaired) electrons. The van der Waals surface area contributed by atoms with Gasteiger partial charge in [0.1, 0.15) is 11.6 Å². The summed E-state index contributed by atoms with van der Waals surface area (Å²) in [7, 11) is 0. The van der Waals surface area contributed by atoms with Crippen LogP contribution in [0.25, 0.3) is 11.4 Å². The molecule has 0 fully saturated rings. The van der Waals surface area contributed by atoms with E-state index in [1.807, 2.05) is 6.07 Å². The molecule has 3 aromatic rings. The molecule has 5 heteroatoms. The van der Waals surface area contributed by atoms with Crippen LogP contribution in [0.4, 0.5) is 4.39 Å². The Balaban J connectivity index is 1.84. The minimum absolute atomic E-state index is 0.196.